The number of hydrogen-bond donors (Lipinski definition) is 1. The Balaban J connectivity index is 1.93. The molecule has 0 fully saturated rings. The van der Waals surface area contributed by atoms with Gasteiger partial charge < -0.3 is 10.5 Å². The van der Waals surface area contributed by atoms with E-state index in [0.717, 1.165) is 25.2 Å². The van der Waals surface area contributed by atoms with Gasteiger partial charge in [-0.15, -0.1) is 0 Å². The minimum Gasteiger partial charge on any atom is -0.493 e. The van der Waals surface area contributed by atoms with Crippen LogP contribution in [0.25, 0.3) is 0 Å². The first-order valence-corrected chi connectivity index (χ1v) is 7.08. The van der Waals surface area contributed by atoms with Gasteiger partial charge in [0, 0.05) is 35.3 Å². The molecule has 0 spiro atoms. The molecule has 0 bridgehead atoms. The number of fused-ring (bicyclic) bond motifs is 1. The number of ether oxygens (including phenoxy) is 1. The SMILES string of the molecule is NCCS(=O)CCc1ccc2c(c1)CCO2. The van der Waals surface area contributed by atoms with E-state index < -0.39 is 10.8 Å². The molecule has 0 radical (unpaired) electrons. The number of nitrogens with two attached hydrogens (primary N) is 1. The van der Waals surface area contributed by atoms with E-state index in [2.05, 4.69) is 12.1 Å². The molecule has 1 aromatic rings. The van der Waals surface area contributed by atoms with Crippen LogP contribution >= 0.6 is 0 Å². The summed E-state index contributed by atoms with van der Waals surface area (Å²) in [5.41, 5.74) is 7.89. The molecule has 1 unspecified atom stereocenters. The lowest BCUT2D eigenvalue weighted by atomic mass is 10.1. The maximum absolute atomic E-state index is 11.5. The van der Waals surface area contributed by atoms with Crippen LogP contribution in [0.15, 0.2) is 18.2 Å². The Morgan fingerprint density at radius 2 is 2.25 bits per heavy atom. The third kappa shape index (κ3) is 2.83. The van der Waals surface area contributed by atoms with Crippen LogP contribution in [0, 0.1) is 0 Å². The van der Waals surface area contributed by atoms with E-state index >= 15 is 0 Å². The second-order valence-electron chi connectivity index (χ2n) is 3.93. The van der Waals surface area contributed by atoms with Gasteiger partial charge in [0.2, 0.25) is 0 Å². The van der Waals surface area contributed by atoms with Gasteiger partial charge in [0.25, 0.3) is 0 Å². The van der Waals surface area contributed by atoms with Crippen LogP contribution in [0.2, 0.25) is 0 Å². The molecular formula is C12H17NO2S. The third-order valence-electron chi connectivity index (χ3n) is 2.72. The van der Waals surface area contributed by atoms with Crippen molar-refractivity contribution in [2.24, 2.45) is 5.73 Å². The molecule has 88 valence electrons. The van der Waals surface area contributed by atoms with Crippen molar-refractivity contribution in [3.8, 4) is 5.75 Å². The summed E-state index contributed by atoms with van der Waals surface area (Å²) in [6.07, 6.45) is 1.86. The van der Waals surface area contributed by atoms with Crippen LogP contribution < -0.4 is 10.5 Å². The molecule has 4 heteroatoms. The van der Waals surface area contributed by atoms with E-state index in [4.69, 9.17) is 10.5 Å². The van der Waals surface area contributed by atoms with Gasteiger partial charge in [0.15, 0.2) is 0 Å². The first-order valence-electron chi connectivity index (χ1n) is 5.59. The molecule has 1 aromatic carbocycles. The highest BCUT2D eigenvalue weighted by molar-refractivity contribution is 7.85. The molecule has 0 saturated heterocycles. The van der Waals surface area contributed by atoms with Crippen molar-refractivity contribution in [2.75, 3.05) is 24.7 Å². The summed E-state index contributed by atoms with van der Waals surface area (Å²) in [6, 6.07) is 6.25. The number of hydrogen-bond acceptors (Lipinski definition) is 3. The Hall–Kier alpha value is -0.870. The van der Waals surface area contributed by atoms with E-state index in [1.165, 1.54) is 11.1 Å². The molecule has 0 saturated carbocycles. The number of rotatable bonds is 5. The van der Waals surface area contributed by atoms with Gasteiger partial charge in [0.05, 0.1) is 6.61 Å². The minimum absolute atomic E-state index is 0.505. The molecule has 1 aliphatic rings. The number of benzene rings is 1. The highest BCUT2D eigenvalue weighted by Crippen LogP contribution is 2.25. The first-order chi connectivity index (χ1) is 7.79. The third-order valence-corrected chi connectivity index (χ3v) is 4.07. The van der Waals surface area contributed by atoms with Gasteiger partial charge in [-0.25, -0.2) is 0 Å². The summed E-state index contributed by atoms with van der Waals surface area (Å²) < 4.78 is 16.9. The summed E-state index contributed by atoms with van der Waals surface area (Å²) in [7, 11) is -0.775. The molecule has 16 heavy (non-hydrogen) atoms. The molecule has 0 amide bonds. The smallest absolute Gasteiger partial charge is 0.122 e. The summed E-state index contributed by atoms with van der Waals surface area (Å²) in [5, 5.41) is 0. The topological polar surface area (TPSA) is 52.3 Å². The van der Waals surface area contributed by atoms with Crippen molar-refractivity contribution in [1.29, 1.82) is 0 Å². The largest absolute Gasteiger partial charge is 0.493 e. The van der Waals surface area contributed by atoms with E-state index in [1.807, 2.05) is 6.07 Å². The Bertz CT molecular complexity index is 393. The predicted molar refractivity (Wildman–Crippen MR) is 66.3 cm³/mol. The molecule has 1 heterocycles. The van der Waals surface area contributed by atoms with Crippen LogP contribution in [0.1, 0.15) is 11.1 Å². The summed E-state index contributed by atoms with van der Waals surface area (Å²) in [6.45, 7) is 1.29. The predicted octanol–water partition coefficient (Wildman–Crippen LogP) is 0.871. The lowest BCUT2D eigenvalue weighted by molar-refractivity contribution is 0.357. The van der Waals surface area contributed by atoms with Gasteiger partial charge in [-0.3, -0.25) is 4.21 Å². The minimum atomic E-state index is -0.775. The van der Waals surface area contributed by atoms with E-state index in [0.29, 0.717) is 18.1 Å². The zero-order valence-corrected chi connectivity index (χ0v) is 10.1. The summed E-state index contributed by atoms with van der Waals surface area (Å²) in [5.74, 6) is 2.32. The van der Waals surface area contributed by atoms with Gasteiger partial charge in [-0.05, 0) is 23.6 Å². The normalized spacial score (nSPS) is 15.6. The van der Waals surface area contributed by atoms with Crippen LogP contribution in [-0.2, 0) is 23.6 Å². The molecule has 1 aliphatic heterocycles. The van der Waals surface area contributed by atoms with Crippen LogP contribution in [0.5, 0.6) is 5.75 Å². The van der Waals surface area contributed by atoms with Crippen molar-refractivity contribution in [2.45, 2.75) is 12.8 Å². The molecule has 2 rings (SSSR count). The average Bonchev–Trinajstić information content (AvgIpc) is 2.74. The lowest BCUT2D eigenvalue weighted by Crippen LogP contribution is -2.13. The van der Waals surface area contributed by atoms with Gasteiger partial charge >= 0.3 is 0 Å². The Morgan fingerprint density at radius 3 is 3.06 bits per heavy atom. The molecule has 1 atom stereocenters. The van der Waals surface area contributed by atoms with E-state index in [9.17, 15) is 4.21 Å². The Labute approximate surface area is 98.4 Å². The fraction of sp³-hybridized carbons (Fsp3) is 0.500. The fourth-order valence-corrected chi connectivity index (χ4v) is 2.79. The summed E-state index contributed by atoms with van der Waals surface area (Å²) >= 11 is 0. The highest BCUT2D eigenvalue weighted by atomic mass is 32.2. The molecule has 3 nitrogen and oxygen atoms in total. The van der Waals surface area contributed by atoms with E-state index in [1.54, 1.807) is 0 Å². The van der Waals surface area contributed by atoms with Crippen molar-refractivity contribution >= 4 is 10.8 Å². The van der Waals surface area contributed by atoms with Crippen molar-refractivity contribution in [3.63, 3.8) is 0 Å². The zero-order chi connectivity index (χ0) is 11.4. The first kappa shape index (κ1) is 11.6. The van der Waals surface area contributed by atoms with Crippen molar-refractivity contribution in [1.82, 2.24) is 0 Å². The van der Waals surface area contributed by atoms with Crippen LogP contribution in [0.4, 0.5) is 0 Å². The second-order valence-corrected chi connectivity index (χ2v) is 5.62. The molecular weight excluding hydrogens is 222 g/mol. The van der Waals surface area contributed by atoms with Crippen LogP contribution in [0.3, 0.4) is 0 Å². The second kappa shape index (κ2) is 5.46. The van der Waals surface area contributed by atoms with Crippen molar-refractivity contribution < 1.29 is 8.95 Å². The quantitative estimate of drug-likeness (QED) is 0.829. The Kier molecular flexibility index (Phi) is 3.96. The van der Waals surface area contributed by atoms with Gasteiger partial charge in [-0.2, -0.15) is 0 Å². The molecule has 2 N–H and O–H groups in total. The fourth-order valence-electron chi connectivity index (χ4n) is 1.86. The average molecular weight is 239 g/mol. The molecule has 0 aliphatic carbocycles. The maximum atomic E-state index is 11.5. The number of aryl methyl sites for hydroxylation is 1. The van der Waals surface area contributed by atoms with E-state index in [-0.39, 0.29) is 0 Å². The standard InChI is InChI=1S/C12H17NO2S/c13-5-8-16(14)7-4-10-1-2-12-11(9-10)3-6-15-12/h1-2,9H,3-8,13H2. The van der Waals surface area contributed by atoms with Crippen molar-refractivity contribution in [3.05, 3.63) is 29.3 Å². The van der Waals surface area contributed by atoms with Gasteiger partial charge in [0.1, 0.15) is 5.75 Å². The highest BCUT2D eigenvalue weighted by Gasteiger charge is 2.12. The maximum Gasteiger partial charge on any atom is 0.122 e. The van der Waals surface area contributed by atoms with Crippen LogP contribution in [-0.4, -0.2) is 28.9 Å². The lowest BCUT2D eigenvalue weighted by Gasteiger charge is -2.04. The monoisotopic (exact) mass is 239 g/mol. The zero-order valence-electron chi connectivity index (χ0n) is 9.28. The summed E-state index contributed by atoms with van der Waals surface area (Å²) in [4.78, 5) is 0. The molecule has 0 aromatic heterocycles. The Morgan fingerprint density at radius 1 is 1.38 bits per heavy atom. The van der Waals surface area contributed by atoms with Gasteiger partial charge in [-0.1, -0.05) is 12.1 Å².